The normalized spacial score (nSPS) is 11.0. The highest BCUT2D eigenvalue weighted by Crippen LogP contribution is 2.29. The van der Waals surface area contributed by atoms with Gasteiger partial charge in [-0.2, -0.15) is 0 Å². The summed E-state index contributed by atoms with van der Waals surface area (Å²) in [5, 5.41) is 11.6. The molecule has 0 fully saturated rings. The van der Waals surface area contributed by atoms with Gasteiger partial charge in [0.05, 0.1) is 19.9 Å². The van der Waals surface area contributed by atoms with Crippen LogP contribution in [0.15, 0.2) is 15.0 Å². The lowest BCUT2D eigenvalue weighted by atomic mass is 10.5. The second-order valence-corrected chi connectivity index (χ2v) is 4.38. The first kappa shape index (κ1) is 8.04. The predicted molar refractivity (Wildman–Crippen MR) is 46.4 cm³/mol. The van der Waals surface area contributed by atoms with Crippen LogP contribution in [0.5, 0.6) is 0 Å². The third-order valence-corrected chi connectivity index (χ3v) is 2.86. The molecule has 0 radical (unpaired) electrons. The average molecular weight is 241 g/mol. The lowest BCUT2D eigenvalue weighted by Crippen LogP contribution is -1.71. The van der Waals surface area contributed by atoms with E-state index in [0.29, 0.717) is 5.02 Å². The van der Waals surface area contributed by atoms with Crippen LogP contribution < -0.4 is 0 Å². The van der Waals surface area contributed by atoms with E-state index in [2.05, 4.69) is 21.1 Å². The predicted octanol–water partition coefficient (Wildman–Crippen LogP) is 2.97. The molecule has 0 spiro atoms. The van der Waals surface area contributed by atoms with Gasteiger partial charge in [-0.25, -0.2) is 0 Å². The highest BCUT2D eigenvalue weighted by atomic mass is 79.9. The van der Waals surface area contributed by atoms with Crippen LogP contribution in [-0.4, -0.2) is 11.4 Å². The third-order valence-electron chi connectivity index (χ3n) is 0.858. The summed E-state index contributed by atoms with van der Waals surface area (Å²) in [7, 11) is 0. The van der Waals surface area contributed by atoms with Crippen molar-refractivity contribution < 1.29 is 5.21 Å². The Balaban J connectivity index is 3.03. The molecule has 10 heavy (non-hydrogen) atoms. The first-order valence-electron chi connectivity index (χ1n) is 2.36. The van der Waals surface area contributed by atoms with E-state index >= 15 is 0 Å². The highest BCUT2D eigenvalue weighted by Gasteiger charge is 2.01. The van der Waals surface area contributed by atoms with Crippen molar-refractivity contribution in [3.05, 3.63) is 19.8 Å². The Morgan fingerprint density at radius 3 is 2.90 bits per heavy atom. The summed E-state index contributed by atoms with van der Waals surface area (Å²) < 4.78 is 0.924. The highest BCUT2D eigenvalue weighted by molar-refractivity contribution is 9.11. The zero-order valence-electron chi connectivity index (χ0n) is 4.71. The lowest BCUT2D eigenvalue weighted by molar-refractivity contribution is 0.322. The molecule has 54 valence electrons. The number of nitrogens with zero attached hydrogens (tertiary/aromatic N) is 1. The SMILES string of the molecule is O/N=C/c1sc(Br)cc1Cl. The van der Waals surface area contributed by atoms with E-state index in [1.165, 1.54) is 17.6 Å². The van der Waals surface area contributed by atoms with Gasteiger partial charge < -0.3 is 5.21 Å². The Hall–Kier alpha value is -0.0600. The van der Waals surface area contributed by atoms with Crippen LogP contribution in [-0.2, 0) is 0 Å². The zero-order valence-corrected chi connectivity index (χ0v) is 7.87. The fraction of sp³-hybridized carbons (Fsp3) is 0. The largest absolute Gasteiger partial charge is 0.411 e. The molecule has 0 saturated carbocycles. The molecule has 0 aromatic carbocycles. The van der Waals surface area contributed by atoms with Gasteiger partial charge in [0.2, 0.25) is 0 Å². The molecule has 0 aliphatic carbocycles. The van der Waals surface area contributed by atoms with Gasteiger partial charge in [-0.05, 0) is 22.0 Å². The van der Waals surface area contributed by atoms with Crippen LogP contribution in [0.4, 0.5) is 0 Å². The van der Waals surface area contributed by atoms with E-state index in [1.807, 2.05) is 0 Å². The van der Waals surface area contributed by atoms with E-state index in [1.54, 1.807) is 6.07 Å². The Bertz CT molecular complexity index is 260. The molecule has 5 heteroatoms. The fourth-order valence-electron chi connectivity index (χ4n) is 0.494. The summed E-state index contributed by atoms with van der Waals surface area (Å²) in [6.07, 6.45) is 1.30. The van der Waals surface area contributed by atoms with Gasteiger partial charge >= 0.3 is 0 Å². The second kappa shape index (κ2) is 3.37. The second-order valence-electron chi connectivity index (χ2n) is 1.51. The van der Waals surface area contributed by atoms with Crippen LogP contribution in [0, 0.1) is 0 Å². The number of thiophene rings is 1. The van der Waals surface area contributed by atoms with Crippen molar-refractivity contribution in [2.75, 3.05) is 0 Å². The van der Waals surface area contributed by atoms with Crippen LogP contribution >= 0.6 is 38.9 Å². The first-order valence-corrected chi connectivity index (χ1v) is 4.35. The fourth-order valence-corrected chi connectivity index (χ4v) is 2.36. The molecular weight excluding hydrogens is 237 g/mol. The Labute approximate surface area is 75.3 Å². The summed E-state index contributed by atoms with van der Waals surface area (Å²) in [5.74, 6) is 0. The summed E-state index contributed by atoms with van der Waals surface area (Å²) in [6.45, 7) is 0. The van der Waals surface area contributed by atoms with Gasteiger partial charge in [0.25, 0.3) is 0 Å². The number of hydrogen-bond acceptors (Lipinski definition) is 3. The van der Waals surface area contributed by atoms with Crippen LogP contribution in [0.2, 0.25) is 5.02 Å². The van der Waals surface area contributed by atoms with Gasteiger partial charge in [0.15, 0.2) is 0 Å². The molecule has 0 unspecified atom stereocenters. The molecular formula is C5H3BrClNOS. The maximum Gasteiger partial charge on any atom is 0.0849 e. The van der Waals surface area contributed by atoms with Crippen LogP contribution in [0.25, 0.3) is 0 Å². The molecule has 0 amide bonds. The molecule has 1 rings (SSSR count). The monoisotopic (exact) mass is 239 g/mol. The molecule has 1 heterocycles. The molecule has 2 nitrogen and oxygen atoms in total. The molecule has 0 saturated heterocycles. The summed E-state index contributed by atoms with van der Waals surface area (Å²) in [6, 6.07) is 1.75. The Kier molecular flexibility index (Phi) is 2.71. The Morgan fingerprint density at radius 1 is 1.80 bits per heavy atom. The molecule has 1 aromatic rings. The summed E-state index contributed by atoms with van der Waals surface area (Å²) >= 11 is 10.4. The maximum atomic E-state index is 8.16. The van der Waals surface area contributed by atoms with Crippen molar-refractivity contribution in [3.8, 4) is 0 Å². The smallest absolute Gasteiger partial charge is 0.0849 e. The number of oxime groups is 1. The van der Waals surface area contributed by atoms with Gasteiger partial charge in [-0.15, -0.1) is 11.3 Å². The molecule has 1 N–H and O–H groups in total. The van der Waals surface area contributed by atoms with Crippen molar-refractivity contribution in [2.45, 2.75) is 0 Å². The zero-order chi connectivity index (χ0) is 7.56. The Morgan fingerprint density at radius 2 is 2.50 bits per heavy atom. The maximum absolute atomic E-state index is 8.16. The molecule has 0 atom stereocenters. The molecule has 0 bridgehead atoms. The van der Waals surface area contributed by atoms with E-state index in [0.717, 1.165) is 8.66 Å². The van der Waals surface area contributed by atoms with Crippen molar-refractivity contribution in [2.24, 2.45) is 5.16 Å². The van der Waals surface area contributed by atoms with Gasteiger partial charge in [-0.3, -0.25) is 0 Å². The number of rotatable bonds is 1. The summed E-state index contributed by atoms with van der Waals surface area (Å²) in [4.78, 5) is 0.746. The van der Waals surface area contributed by atoms with E-state index in [4.69, 9.17) is 16.8 Å². The van der Waals surface area contributed by atoms with Crippen molar-refractivity contribution >= 4 is 45.1 Å². The van der Waals surface area contributed by atoms with Gasteiger partial charge in [0, 0.05) is 0 Å². The van der Waals surface area contributed by atoms with Gasteiger partial charge in [0.1, 0.15) is 0 Å². The van der Waals surface area contributed by atoms with E-state index in [-0.39, 0.29) is 0 Å². The average Bonchev–Trinajstić information content (AvgIpc) is 2.13. The number of halogens is 2. The van der Waals surface area contributed by atoms with E-state index in [9.17, 15) is 0 Å². The lowest BCUT2D eigenvalue weighted by Gasteiger charge is -1.80. The standard InChI is InChI=1S/C5H3BrClNOS/c6-5-1-3(7)4(10-5)2-8-9/h1-2,9H/b8-2+. The topological polar surface area (TPSA) is 32.6 Å². The van der Waals surface area contributed by atoms with Gasteiger partial charge in [-0.1, -0.05) is 16.8 Å². The molecule has 1 aromatic heterocycles. The summed E-state index contributed by atoms with van der Waals surface area (Å²) in [5.41, 5.74) is 0. The minimum absolute atomic E-state index is 0.592. The minimum Gasteiger partial charge on any atom is -0.411 e. The quantitative estimate of drug-likeness (QED) is 0.457. The van der Waals surface area contributed by atoms with Crippen molar-refractivity contribution in [1.82, 2.24) is 0 Å². The molecule has 0 aliphatic heterocycles. The van der Waals surface area contributed by atoms with Crippen LogP contribution in [0.3, 0.4) is 0 Å². The van der Waals surface area contributed by atoms with Crippen molar-refractivity contribution in [3.63, 3.8) is 0 Å². The first-order chi connectivity index (χ1) is 4.74. The number of hydrogen-bond donors (Lipinski definition) is 1. The van der Waals surface area contributed by atoms with Crippen molar-refractivity contribution in [1.29, 1.82) is 0 Å². The third kappa shape index (κ3) is 1.71. The van der Waals surface area contributed by atoms with E-state index < -0.39 is 0 Å². The molecule has 0 aliphatic rings. The van der Waals surface area contributed by atoms with Crippen LogP contribution in [0.1, 0.15) is 4.88 Å². The minimum atomic E-state index is 0.592.